The van der Waals surface area contributed by atoms with Crippen LogP contribution < -0.4 is 10.6 Å². The van der Waals surface area contributed by atoms with E-state index in [9.17, 15) is 22.8 Å². The van der Waals surface area contributed by atoms with Gasteiger partial charge in [0.05, 0.1) is 18.7 Å². The number of nitrogens with one attached hydrogen (secondary N) is 2. The summed E-state index contributed by atoms with van der Waals surface area (Å²) in [6.45, 7) is 6.06. The first kappa shape index (κ1) is 28.8. The number of hydrogen-bond donors (Lipinski definition) is 2. The number of halogens is 3. The Balaban J connectivity index is 1.59. The molecule has 2 N–H and O–H groups in total. The van der Waals surface area contributed by atoms with Gasteiger partial charge in [0.2, 0.25) is 11.8 Å². The average molecular weight is 552 g/mol. The molecule has 0 unspecified atom stereocenters. The van der Waals surface area contributed by atoms with Crippen LogP contribution in [0, 0.1) is 5.41 Å². The van der Waals surface area contributed by atoms with Crippen LogP contribution in [-0.4, -0.2) is 32.4 Å². The number of carbonyl (C=O) groups is 2. The van der Waals surface area contributed by atoms with Crippen molar-refractivity contribution in [2.75, 3.05) is 0 Å². The average Bonchev–Trinajstić information content (AvgIpc) is 3.23. The van der Waals surface area contributed by atoms with E-state index in [1.54, 1.807) is 12.3 Å². The van der Waals surface area contributed by atoms with E-state index in [1.807, 2.05) is 61.7 Å². The normalized spacial score (nSPS) is 12.8. The monoisotopic (exact) mass is 551 g/mol. The van der Waals surface area contributed by atoms with Crippen LogP contribution in [0.1, 0.15) is 49.7 Å². The van der Waals surface area contributed by atoms with E-state index in [-0.39, 0.29) is 30.4 Å². The number of carbonyl (C=O) groups excluding carboxylic acids is 2. The quantitative estimate of drug-likeness (QED) is 0.296. The van der Waals surface area contributed by atoms with E-state index in [4.69, 9.17) is 0 Å². The Hall–Kier alpha value is -4.21. The molecule has 0 spiro atoms. The van der Waals surface area contributed by atoms with Crippen LogP contribution in [0.5, 0.6) is 0 Å². The van der Waals surface area contributed by atoms with Crippen LogP contribution in [0.25, 0.3) is 11.2 Å². The number of nitrogens with zero attached hydrogens (tertiary/aromatic N) is 3. The zero-order valence-corrected chi connectivity index (χ0v) is 22.6. The number of fused-ring (bicyclic) bond motifs is 1. The molecule has 4 aromatic rings. The summed E-state index contributed by atoms with van der Waals surface area (Å²) in [4.78, 5) is 35.2. The van der Waals surface area contributed by atoms with Crippen LogP contribution in [-0.2, 0) is 35.3 Å². The van der Waals surface area contributed by atoms with Crippen molar-refractivity contribution in [2.45, 2.75) is 58.9 Å². The number of aromatic nitrogens is 3. The molecule has 40 heavy (non-hydrogen) atoms. The molecule has 7 nitrogen and oxygen atoms in total. The molecular formula is C30H32F3N5O2. The maximum absolute atomic E-state index is 13.7. The molecule has 0 bridgehead atoms. The van der Waals surface area contributed by atoms with Crippen molar-refractivity contribution in [3.8, 4) is 0 Å². The minimum Gasteiger partial charge on any atom is -0.347 e. The molecule has 0 aliphatic heterocycles. The molecule has 2 heterocycles. The van der Waals surface area contributed by atoms with Crippen molar-refractivity contribution in [1.29, 1.82) is 0 Å². The van der Waals surface area contributed by atoms with Crippen molar-refractivity contribution in [3.05, 3.63) is 95.4 Å². The fraction of sp³-hybridized carbons (Fsp3) is 0.333. The van der Waals surface area contributed by atoms with Crippen molar-refractivity contribution in [3.63, 3.8) is 0 Å². The molecule has 0 aliphatic rings. The number of alkyl halides is 3. The lowest BCUT2D eigenvalue weighted by Gasteiger charge is -2.23. The van der Waals surface area contributed by atoms with Crippen LogP contribution >= 0.6 is 0 Å². The molecule has 2 aromatic heterocycles. The van der Waals surface area contributed by atoms with Gasteiger partial charge in [-0.1, -0.05) is 69.3 Å². The fourth-order valence-corrected chi connectivity index (χ4v) is 4.49. The predicted octanol–water partition coefficient (Wildman–Crippen LogP) is 5.28. The summed E-state index contributed by atoms with van der Waals surface area (Å²) in [5.74, 6) is -0.496. The summed E-state index contributed by atoms with van der Waals surface area (Å²) in [5, 5.41) is 5.45. The van der Waals surface area contributed by atoms with E-state index in [1.165, 1.54) is 18.2 Å². The van der Waals surface area contributed by atoms with Crippen molar-refractivity contribution < 1.29 is 22.8 Å². The maximum atomic E-state index is 13.7. The second-order valence-electron chi connectivity index (χ2n) is 10.9. The van der Waals surface area contributed by atoms with Crippen molar-refractivity contribution in [1.82, 2.24) is 25.2 Å². The lowest BCUT2D eigenvalue weighted by atomic mass is 9.91. The molecule has 0 saturated heterocycles. The number of imidazole rings is 1. The minimum absolute atomic E-state index is 0.00537. The first-order valence-corrected chi connectivity index (χ1v) is 13.0. The molecule has 0 saturated carbocycles. The Bertz CT molecular complexity index is 1480. The highest BCUT2D eigenvalue weighted by molar-refractivity contribution is 5.88. The van der Waals surface area contributed by atoms with Gasteiger partial charge < -0.3 is 15.2 Å². The number of amides is 2. The highest BCUT2D eigenvalue weighted by Gasteiger charge is 2.34. The Kier molecular flexibility index (Phi) is 8.56. The van der Waals surface area contributed by atoms with Gasteiger partial charge in [-0.3, -0.25) is 9.59 Å². The fourth-order valence-electron chi connectivity index (χ4n) is 4.49. The number of rotatable bonds is 9. The summed E-state index contributed by atoms with van der Waals surface area (Å²) < 4.78 is 42.9. The van der Waals surface area contributed by atoms with Crippen LogP contribution in [0.4, 0.5) is 13.2 Å². The molecule has 0 aliphatic carbocycles. The summed E-state index contributed by atoms with van der Waals surface area (Å²) >= 11 is 0. The third-order valence-corrected chi connectivity index (χ3v) is 6.28. The number of pyridine rings is 1. The topological polar surface area (TPSA) is 88.9 Å². The van der Waals surface area contributed by atoms with Gasteiger partial charge in [0.15, 0.2) is 5.65 Å². The van der Waals surface area contributed by atoms with E-state index < -0.39 is 29.6 Å². The van der Waals surface area contributed by atoms with Gasteiger partial charge in [0.25, 0.3) is 0 Å². The van der Waals surface area contributed by atoms with Crippen LogP contribution in [0.3, 0.4) is 0 Å². The van der Waals surface area contributed by atoms with Gasteiger partial charge in [-0.25, -0.2) is 9.97 Å². The SMILES string of the molecule is CC(C)(C)CC(=O)N[C@H](Cc1ccccc1C(F)(F)F)C(=O)NCc1nc2cccnc2n1Cc1ccccc1. The van der Waals surface area contributed by atoms with Gasteiger partial charge in [-0.05, 0) is 34.7 Å². The molecule has 1 atom stereocenters. The highest BCUT2D eigenvalue weighted by Crippen LogP contribution is 2.32. The molecule has 10 heteroatoms. The second kappa shape index (κ2) is 11.9. The second-order valence-corrected chi connectivity index (χ2v) is 10.9. The predicted molar refractivity (Wildman–Crippen MR) is 146 cm³/mol. The van der Waals surface area contributed by atoms with Crippen molar-refractivity contribution in [2.24, 2.45) is 5.41 Å². The van der Waals surface area contributed by atoms with Gasteiger partial charge in [0, 0.05) is 19.0 Å². The van der Waals surface area contributed by atoms with E-state index in [0.29, 0.717) is 23.5 Å². The minimum atomic E-state index is -4.59. The lowest BCUT2D eigenvalue weighted by molar-refractivity contribution is -0.138. The van der Waals surface area contributed by atoms with Crippen LogP contribution in [0.2, 0.25) is 0 Å². The molecule has 0 fully saturated rings. The number of benzene rings is 2. The van der Waals surface area contributed by atoms with Gasteiger partial charge in [0.1, 0.15) is 17.4 Å². The van der Waals surface area contributed by atoms with E-state index in [0.717, 1.165) is 11.6 Å². The molecule has 0 radical (unpaired) electrons. The van der Waals surface area contributed by atoms with Crippen LogP contribution in [0.15, 0.2) is 72.9 Å². The highest BCUT2D eigenvalue weighted by atomic mass is 19.4. The summed E-state index contributed by atoms with van der Waals surface area (Å²) in [6, 6.07) is 17.1. The number of hydrogen-bond acceptors (Lipinski definition) is 4. The van der Waals surface area contributed by atoms with Gasteiger partial charge in [-0.15, -0.1) is 0 Å². The van der Waals surface area contributed by atoms with Crippen molar-refractivity contribution >= 4 is 23.0 Å². The summed E-state index contributed by atoms with van der Waals surface area (Å²) in [5.41, 5.74) is 1.02. The maximum Gasteiger partial charge on any atom is 0.416 e. The largest absolute Gasteiger partial charge is 0.416 e. The van der Waals surface area contributed by atoms with Gasteiger partial charge >= 0.3 is 6.18 Å². The standard InChI is InChI=1S/C30H32F3N5O2/c1-29(2,3)17-26(39)37-24(16-21-12-7-8-13-22(21)30(31,32)33)28(40)35-18-25-36-23-14-9-15-34-27(23)38(25)19-20-10-5-4-6-11-20/h4-15,24H,16-19H2,1-3H3,(H,35,40)(H,37,39)/t24-/m1/s1. The first-order valence-electron chi connectivity index (χ1n) is 13.0. The molecule has 4 rings (SSSR count). The smallest absolute Gasteiger partial charge is 0.347 e. The Labute approximate surface area is 230 Å². The molecule has 2 aromatic carbocycles. The lowest BCUT2D eigenvalue weighted by Crippen LogP contribution is -2.48. The zero-order chi connectivity index (χ0) is 28.9. The molecule has 2 amide bonds. The first-order chi connectivity index (χ1) is 18.9. The summed E-state index contributed by atoms with van der Waals surface area (Å²) in [6.07, 6.45) is -3.15. The van der Waals surface area contributed by atoms with E-state index >= 15 is 0 Å². The van der Waals surface area contributed by atoms with E-state index in [2.05, 4.69) is 20.6 Å². The third-order valence-electron chi connectivity index (χ3n) is 6.28. The molecule has 210 valence electrons. The summed E-state index contributed by atoms with van der Waals surface area (Å²) in [7, 11) is 0. The third kappa shape index (κ3) is 7.46. The molecular weight excluding hydrogens is 519 g/mol. The zero-order valence-electron chi connectivity index (χ0n) is 22.6. The Morgan fingerprint density at radius 1 is 0.950 bits per heavy atom. The Morgan fingerprint density at radius 2 is 1.65 bits per heavy atom. The van der Waals surface area contributed by atoms with Gasteiger partial charge in [-0.2, -0.15) is 13.2 Å². The Morgan fingerprint density at radius 3 is 2.35 bits per heavy atom.